The summed E-state index contributed by atoms with van der Waals surface area (Å²) in [4.78, 5) is 0. The third-order valence-electron chi connectivity index (χ3n) is 2.25. The van der Waals surface area contributed by atoms with Crippen molar-refractivity contribution in [3.8, 4) is 0 Å². The third kappa shape index (κ3) is 3.63. The Balaban J connectivity index is 2.03. The highest BCUT2D eigenvalue weighted by molar-refractivity contribution is 8.00. The van der Waals surface area contributed by atoms with Gasteiger partial charge in [0.25, 0.3) is 0 Å². The third-order valence-corrected chi connectivity index (χ3v) is 3.77. The van der Waals surface area contributed by atoms with E-state index in [2.05, 4.69) is 23.7 Å². The molecule has 0 aromatic heterocycles. The second-order valence-electron chi connectivity index (χ2n) is 3.50. The lowest BCUT2D eigenvalue weighted by atomic mass is 10.3. The molecule has 0 saturated heterocycles. The first-order chi connectivity index (χ1) is 5.83. The van der Waals surface area contributed by atoms with E-state index in [1.54, 1.807) is 0 Å². The van der Waals surface area contributed by atoms with Crippen molar-refractivity contribution in [2.24, 2.45) is 0 Å². The lowest BCUT2D eigenvalue weighted by Gasteiger charge is -2.09. The van der Waals surface area contributed by atoms with Crippen molar-refractivity contribution in [1.29, 1.82) is 0 Å². The van der Waals surface area contributed by atoms with Crippen LogP contribution in [0.25, 0.3) is 0 Å². The van der Waals surface area contributed by atoms with E-state index >= 15 is 0 Å². The first-order valence-electron chi connectivity index (χ1n) is 4.76. The van der Waals surface area contributed by atoms with Crippen LogP contribution in [0.1, 0.15) is 25.7 Å². The fourth-order valence-electron chi connectivity index (χ4n) is 1.59. The van der Waals surface area contributed by atoms with Crippen molar-refractivity contribution in [3.63, 3.8) is 0 Å². The number of nitrogens with one attached hydrogen (secondary N) is 1. The monoisotopic (exact) mass is 185 g/mol. The molecule has 0 aromatic carbocycles. The average molecular weight is 185 g/mol. The molecule has 0 aromatic rings. The number of hydrogen-bond acceptors (Lipinski definition) is 2. The molecule has 1 aliphatic rings. The molecule has 12 heavy (non-hydrogen) atoms. The van der Waals surface area contributed by atoms with E-state index in [0.29, 0.717) is 0 Å². The van der Waals surface area contributed by atoms with Crippen molar-refractivity contribution < 1.29 is 0 Å². The fourth-order valence-corrected chi connectivity index (χ4v) is 2.83. The van der Waals surface area contributed by atoms with Crippen LogP contribution in [-0.4, -0.2) is 24.6 Å². The maximum Gasteiger partial charge on any atom is 0.0167 e. The predicted molar refractivity (Wildman–Crippen MR) is 57.8 cm³/mol. The number of likely N-dealkylation sites (N-methyl/N-ethyl adjacent to an activating group) is 1. The summed E-state index contributed by atoms with van der Waals surface area (Å²) in [6.07, 6.45) is 5.74. The van der Waals surface area contributed by atoms with Gasteiger partial charge in [0.15, 0.2) is 0 Å². The van der Waals surface area contributed by atoms with Gasteiger partial charge in [-0.25, -0.2) is 0 Å². The van der Waals surface area contributed by atoms with Crippen LogP contribution >= 0.6 is 11.8 Å². The Hall–Kier alpha value is 0.0500. The van der Waals surface area contributed by atoms with Gasteiger partial charge in [0, 0.05) is 17.5 Å². The van der Waals surface area contributed by atoms with Crippen molar-refractivity contribution in [1.82, 2.24) is 5.32 Å². The van der Waals surface area contributed by atoms with E-state index in [0.717, 1.165) is 17.5 Å². The van der Waals surface area contributed by atoms with E-state index in [-0.39, 0.29) is 0 Å². The van der Waals surface area contributed by atoms with E-state index in [9.17, 15) is 0 Å². The Morgan fingerprint density at radius 3 is 2.75 bits per heavy atom. The van der Waals surface area contributed by atoms with Crippen LogP contribution in [0.2, 0.25) is 0 Å². The molecule has 0 atom stereocenters. The molecule has 70 valence electrons. The van der Waals surface area contributed by atoms with Gasteiger partial charge < -0.3 is 5.32 Å². The SMILES string of the molecule is C=C(CNC)CSC1CCCC1. The van der Waals surface area contributed by atoms with E-state index in [1.165, 1.54) is 31.3 Å². The van der Waals surface area contributed by atoms with E-state index in [4.69, 9.17) is 0 Å². The van der Waals surface area contributed by atoms with Crippen LogP contribution in [0.15, 0.2) is 12.2 Å². The largest absolute Gasteiger partial charge is 0.316 e. The molecule has 0 spiro atoms. The van der Waals surface area contributed by atoms with E-state index in [1.807, 2.05) is 7.05 Å². The molecule has 1 fully saturated rings. The summed E-state index contributed by atoms with van der Waals surface area (Å²) >= 11 is 2.09. The van der Waals surface area contributed by atoms with Crippen molar-refractivity contribution in [3.05, 3.63) is 12.2 Å². The highest BCUT2D eigenvalue weighted by atomic mass is 32.2. The average Bonchev–Trinajstić information content (AvgIpc) is 2.53. The molecule has 1 aliphatic carbocycles. The zero-order valence-corrected chi connectivity index (χ0v) is 8.75. The normalized spacial score (nSPS) is 18.4. The summed E-state index contributed by atoms with van der Waals surface area (Å²) in [7, 11) is 1.98. The minimum Gasteiger partial charge on any atom is -0.316 e. The Morgan fingerprint density at radius 1 is 1.50 bits per heavy atom. The van der Waals surface area contributed by atoms with Crippen LogP contribution in [-0.2, 0) is 0 Å². The Bertz CT molecular complexity index is 139. The molecule has 0 amide bonds. The summed E-state index contributed by atoms with van der Waals surface area (Å²) in [6, 6.07) is 0. The first-order valence-corrected chi connectivity index (χ1v) is 5.80. The number of rotatable bonds is 5. The summed E-state index contributed by atoms with van der Waals surface area (Å²) in [5.41, 5.74) is 1.33. The molecule has 0 aliphatic heterocycles. The quantitative estimate of drug-likeness (QED) is 0.660. The molecule has 1 saturated carbocycles. The van der Waals surface area contributed by atoms with Gasteiger partial charge in [-0.3, -0.25) is 0 Å². The number of thioether (sulfide) groups is 1. The van der Waals surface area contributed by atoms with Crippen LogP contribution in [0.4, 0.5) is 0 Å². The molecule has 2 heteroatoms. The molecule has 0 heterocycles. The van der Waals surface area contributed by atoms with Crippen molar-refractivity contribution >= 4 is 11.8 Å². The van der Waals surface area contributed by atoms with Crippen LogP contribution in [0.3, 0.4) is 0 Å². The van der Waals surface area contributed by atoms with E-state index < -0.39 is 0 Å². The minimum atomic E-state index is 0.929. The highest BCUT2D eigenvalue weighted by Gasteiger charge is 2.14. The second-order valence-corrected chi connectivity index (χ2v) is 4.79. The van der Waals surface area contributed by atoms with Gasteiger partial charge in [0.05, 0.1) is 0 Å². The maximum absolute atomic E-state index is 4.02. The van der Waals surface area contributed by atoms with Crippen LogP contribution in [0, 0.1) is 0 Å². The molecular formula is C10H19NS. The summed E-state index contributed by atoms with van der Waals surface area (Å²) in [6.45, 7) is 4.99. The van der Waals surface area contributed by atoms with Crippen molar-refractivity contribution in [2.45, 2.75) is 30.9 Å². The molecule has 1 N–H and O–H groups in total. The number of hydrogen-bond donors (Lipinski definition) is 1. The van der Waals surface area contributed by atoms with Gasteiger partial charge in [-0.05, 0) is 19.9 Å². The topological polar surface area (TPSA) is 12.0 Å². The molecule has 1 rings (SSSR count). The standard InChI is InChI=1S/C10H19NS/c1-9(7-11-2)8-12-10-5-3-4-6-10/h10-11H,1,3-8H2,2H3. The van der Waals surface area contributed by atoms with Gasteiger partial charge in [0.1, 0.15) is 0 Å². The summed E-state index contributed by atoms with van der Waals surface area (Å²) in [5, 5.41) is 4.06. The Morgan fingerprint density at radius 2 is 2.17 bits per heavy atom. The molecular weight excluding hydrogens is 166 g/mol. The van der Waals surface area contributed by atoms with Crippen LogP contribution in [0.5, 0.6) is 0 Å². The van der Waals surface area contributed by atoms with Crippen LogP contribution < -0.4 is 5.32 Å². The second kappa shape index (κ2) is 5.65. The van der Waals surface area contributed by atoms with Gasteiger partial charge >= 0.3 is 0 Å². The lowest BCUT2D eigenvalue weighted by molar-refractivity contribution is 0.879. The minimum absolute atomic E-state index is 0.929. The Labute approximate surface area is 80.0 Å². The van der Waals surface area contributed by atoms with Gasteiger partial charge in [-0.2, -0.15) is 11.8 Å². The Kier molecular flexibility index (Phi) is 4.77. The maximum atomic E-state index is 4.02. The smallest absolute Gasteiger partial charge is 0.0167 e. The zero-order valence-electron chi connectivity index (χ0n) is 7.94. The van der Waals surface area contributed by atoms with Gasteiger partial charge in [0.2, 0.25) is 0 Å². The lowest BCUT2D eigenvalue weighted by Crippen LogP contribution is -2.11. The molecule has 0 unspecified atom stereocenters. The summed E-state index contributed by atoms with van der Waals surface area (Å²) < 4.78 is 0. The van der Waals surface area contributed by atoms with Gasteiger partial charge in [-0.1, -0.05) is 25.0 Å². The summed E-state index contributed by atoms with van der Waals surface area (Å²) in [5.74, 6) is 1.14. The van der Waals surface area contributed by atoms with Crippen molar-refractivity contribution in [2.75, 3.05) is 19.3 Å². The zero-order chi connectivity index (χ0) is 8.81. The molecule has 0 bridgehead atoms. The highest BCUT2D eigenvalue weighted by Crippen LogP contribution is 2.29. The molecule has 1 nitrogen and oxygen atoms in total. The first kappa shape index (κ1) is 10.1. The molecule has 0 radical (unpaired) electrons. The predicted octanol–water partition coefficient (Wildman–Crippen LogP) is 2.44. The van der Waals surface area contributed by atoms with Gasteiger partial charge in [-0.15, -0.1) is 0 Å². The fraction of sp³-hybridized carbons (Fsp3) is 0.800.